The molecule has 0 saturated heterocycles. The van der Waals surface area contributed by atoms with E-state index < -0.39 is 21.5 Å². The van der Waals surface area contributed by atoms with E-state index in [9.17, 15) is 13.2 Å². The van der Waals surface area contributed by atoms with Crippen LogP contribution in [0.5, 0.6) is 0 Å². The minimum atomic E-state index is -3.85. The van der Waals surface area contributed by atoms with Crippen molar-refractivity contribution >= 4 is 16.0 Å². The SMILES string of the molecule is Cc1noc(C)c1S(=O)(=O)NC1(CC(=O)O)CCCCC1. The summed E-state index contributed by atoms with van der Waals surface area (Å²) in [6.07, 6.45) is 3.47. The first-order valence-electron chi connectivity index (χ1n) is 6.94. The number of carboxylic acids is 1. The van der Waals surface area contributed by atoms with Crippen LogP contribution >= 0.6 is 0 Å². The summed E-state index contributed by atoms with van der Waals surface area (Å²) in [5, 5.41) is 12.8. The molecule has 1 fully saturated rings. The number of carbonyl (C=O) groups is 1. The lowest BCUT2D eigenvalue weighted by atomic mass is 9.80. The van der Waals surface area contributed by atoms with Crippen LogP contribution in [0.4, 0.5) is 0 Å². The van der Waals surface area contributed by atoms with Gasteiger partial charge in [-0.25, -0.2) is 13.1 Å². The highest BCUT2D eigenvalue weighted by molar-refractivity contribution is 7.89. The Bertz CT molecular complexity index is 609. The summed E-state index contributed by atoms with van der Waals surface area (Å²) in [4.78, 5) is 11.1. The molecular weight excluding hydrogens is 296 g/mol. The van der Waals surface area contributed by atoms with E-state index in [1.54, 1.807) is 6.92 Å². The summed E-state index contributed by atoms with van der Waals surface area (Å²) in [7, 11) is -3.85. The van der Waals surface area contributed by atoms with Crippen molar-refractivity contribution in [3.63, 3.8) is 0 Å². The summed E-state index contributed by atoms with van der Waals surface area (Å²) in [6.45, 7) is 3.08. The van der Waals surface area contributed by atoms with Gasteiger partial charge in [0.1, 0.15) is 10.6 Å². The van der Waals surface area contributed by atoms with Crippen molar-refractivity contribution in [3.05, 3.63) is 11.5 Å². The molecule has 8 heteroatoms. The van der Waals surface area contributed by atoms with E-state index in [1.807, 2.05) is 0 Å². The second-order valence-corrected chi connectivity index (χ2v) is 7.29. The summed E-state index contributed by atoms with van der Waals surface area (Å²) >= 11 is 0. The van der Waals surface area contributed by atoms with E-state index in [1.165, 1.54) is 6.92 Å². The third kappa shape index (κ3) is 3.44. The van der Waals surface area contributed by atoms with Crippen molar-refractivity contribution in [2.24, 2.45) is 0 Å². The second kappa shape index (κ2) is 5.76. The highest BCUT2D eigenvalue weighted by Crippen LogP contribution is 2.33. The summed E-state index contributed by atoms with van der Waals surface area (Å²) < 4.78 is 32.7. The summed E-state index contributed by atoms with van der Waals surface area (Å²) in [6, 6.07) is 0. The van der Waals surface area contributed by atoms with Crippen LogP contribution in [0.2, 0.25) is 0 Å². The number of aromatic nitrogens is 1. The minimum Gasteiger partial charge on any atom is -0.481 e. The predicted octanol–water partition coefficient (Wildman–Crippen LogP) is 1.75. The quantitative estimate of drug-likeness (QED) is 0.856. The molecule has 1 aromatic heterocycles. The number of rotatable bonds is 5. The van der Waals surface area contributed by atoms with Gasteiger partial charge in [-0.2, -0.15) is 0 Å². The van der Waals surface area contributed by atoms with Gasteiger partial charge in [0.05, 0.1) is 6.42 Å². The molecule has 2 N–H and O–H groups in total. The van der Waals surface area contributed by atoms with E-state index in [2.05, 4.69) is 9.88 Å². The van der Waals surface area contributed by atoms with Crippen LogP contribution < -0.4 is 4.72 Å². The summed E-state index contributed by atoms with van der Waals surface area (Å²) in [5.41, 5.74) is -0.639. The molecule has 118 valence electrons. The maximum atomic E-state index is 12.6. The number of nitrogens with one attached hydrogen (secondary N) is 1. The predicted molar refractivity (Wildman–Crippen MR) is 74.4 cm³/mol. The number of hydrogen-bond acceptors (Lipinski definition) is 5. The molecule has 0 amide bonds. The van der Waals surface area contributed by atoms with Gasteiger partial charge in [-0.05, 0) is 26.7 Å². The first-order chi connectivity index (χ1) is 9.76. The molecule has 0 atom stereocenters. The second-order valence-electron chi connectivity index (χ2n) is 5.67. The zero-order valence-corrected chi connectivity index (χ0v) is 13.0. The Balaban J connectivity index is 2.33. The molecule has 0 bridgehead atoms. The van der Waals surface area contributed by atoms with Crippen LogP contribution in [0.3, 0.4) is 0 Å². The van der Waals surface area contributed by atoms with Crippen LogP contribution in [-0.4, -0.2) is 30.2 Å². The molecule has 0 aliphatic heterocycles. The maximum Gasteiger partial charge on any atom is 0.305 e. The molecule has 1 heterocycles. The van der Waals surface area contributed by atoms with Crippen LogP contribution in [-0.2, 0) is 14.8 Å². The Hall–Kier alpha value is -1.41. The molecule has 0 radical (unpaired) electrons. The van der Waals surface area contributed by atoms with E-state index in [0.717, 1.165) is 19.3 Å². The monoisotopic (exact) mass is 316 g/mol. The van der Waals surface area contributed by atoms with Gasteiger partial charge in [-0.15, -0.1) is 0 Å². The molecule has 0 aromatic carbocycles. The average molecular weight is 316 g/mol. The normalized spacial score (nSPS) is 18.6. The van der Waals surface area contributed by atoms with Crippen molar-refractivity contribution in [2.75, 3.05) is 0 Å². The number of sulfonamides is 1. The topological polar surface area (TPSA) is 110 Å². The molecule has 1 saturated carbocycles. The standard InChI is InChI=1S/C13H20N2O5S/c1-9-12(10(2)20-14-9)21(18,19)15-13(8-11(16)17)6-4-3-5-7-13/h15H,3-8H2,1-2H3,(H,16,17). The molecule has 0 spiro atoms. The minimum absolute atomic E-state index is 0.0119. The van der Waals surface area contributed by atoms with E-state index in [-0.39, 0.29) is 22.8 Å². The van der Waals surface area contributed by atoms with Gasteiger partial charge < -0.3 is 9.63 Å². The number of aliphatic carboxylic acids is 1. The lowest BCUT2D eigenvalue weighted by Gasteiger charge is -2.36. The Morgan fingerprint density at radius 2 is 1.95 bits per heavy atom. The van der Waals surface area contributed by atoms with Crippen molar-refractivity contribution in [3.8, 4) is 0 Å². The average Bonchev–Trinajstić information content (AvgIpc) is 2.68. The fourth-order valence-electron chi connectivity index (χ4n) is 3.03. The van der Waals surface area contributed by atoms with Gasteiger partial charge in [-0.1, -0.05) is 24.4 Å². The van der Waals surface area contributed by atoms with Gasteiger partial charge in [0.25, 0.3) is 0 Å². The Morgan fingerprint density at radius 1 is 1.33 bits per heavy atom. The van der Waals surface area contributed by atoms with Crippen molar-refractivity contribution in [1.82, 2.24) is 9.88 Å². The van der Waals surface area contributed by atoms with Gasteiger partial charge in [-0.3, -0.25) is 4.79 Å². The number of nitrogens with zero attached hydrogens (tertiary/aromatic N) is 1. The first kappa shape index (κ1) is 16.0. The number of hydrogen-bond donors (Lipinski definition) is 2. The van der Waals surface area contributed by atoms with Gasteiger partial charge in [0.15, 0.2) is 5.76 Å². The lowest BCUT2D eigenvalue weighted by molar-refractivity contribution is -0.138. The van der Waals surface area contributed by atoms with E-state index in [4.69, 9.17) is 9.63 Å². The fourth-order valence-corrected chi connectivity index (χ4v) is 4.82. The highest BCUT2D eigenvalue weighted by Gasteiger charge is 2.40. The Labute approximate surface area is 123 Å². The molecule has 1 aromatic rings. The molecule has 21 heavy (non-hydrogen) atoms. The first-order valence-corrected chi connectivity index (χ1v) is 8.43. The zero-order valence-electron chi connectivity index (χ0n) is 12.2. The van der Waals surface area contributed by atoms with E-state index >= 15 is 0 Å². The smallest absolute Gasteiger partial charge is 0.305 e. The number of aryl methyl sites for hydroxylation is 2. The van der Waals surface area contributed by atoms with Crippen LogP contribution in [0.25, 0.3) is 0 Å². The fraction of sp³-hybridized carbons (Fsp3) is 0.692. The highest BCUT2D eigenvalue weighted by atomic mass is 32.2. The lowest BCUT2D eigenvalue weighted by Crippen LogP contribution is -2.51. The Morgan fingerprint density at radius 3 is 2.43 bits per heavy atom. The Kier molecular flexibility index (Phi) is 4.38. The molecular formula is C13H20N2O5S. The molecule has 2 rings (SSSR count). The summed E-state index contributed by atoms with van der Waals surface area (Å²) in [5.74, 6) is -0.792. The van der Waals surface area contributed by atoms with Crippen molar-refractivity contribution in [1.29, 1.82) is 0 Å². The third-order valence-electron chi connectivity index (χ3n) is 3.89. The molecule has 1 aliphatic carbocycles. The molecule has 7 nitrogen and oxygen atoms in total. The van der Waals surface area contributed by atoms with Gasteiger partial charge in [0, 0.05) is 5.54 Å². The largest absolute Gasteiger partial charge is 0.481 e. The molecule has 0 unspecified atom stereocenters. The van der Waals surface area contributed by atoms with Crippen molar-refractivity contribution in [2.45, 2.75) is 62.8 Å². The van der Waals surface area contributed by atoms with Gasteiger partial charge in [0.2, 0.25) is 10.0 Å². The third-order valence-corrected chi connectivity index (χ3v) is 5.71. The zero-order chi connectivity index (χ0) is 15.7. The van der Waals surface area contributed by atoms with E-state index in [0.29, 0.717) is 12.8 Å². The van der Waals surface area contributed by atoms with Crippen molar-refractivity contribution < 1.29 is 22.8 Å². The molecule has 1 aliphatic rings. The van der Waals surface area contributed by atoms with Crippen LogP contribution in [0.1, 0.15) is 50.0 Å². The maximum absolute atomic E-state index is 12.6. The van der Waals surface area contributed by atoms with Crippen LogP contribution in [0, 0.1) is 13.8 Å². The number of carboxylic acid groups (broad SMARTS) is 1. The van der Waals surface area contributed by atoms with Gasteiger partial charge >= 0.3 is 5.97 Å². The van der Waals surface area contributed by atoms with Crippen LogP contribution in [0.15, 0.2) is 9.42 Å².